The lowest BCUT2D eigenvalue weighted by atomic mass is 10.2. The predicted octanol–water partition coefficient (Wildman–Crippen LogP) is 1.15. The predicted molar refractivity (Wildman–Crippen MR) is 65.8 cm³/mol. The number of amides is 1. The Balaban J connectivity index is 2.08. The summed E-state index contributed by atoms with van der Waals surface area (Å²) in [7, 11) is 3.52. The van der Waals surface area contributed by atoms with Crippen molar-refractivity contribution in [3.8, 4) is 5.75 Å². The molecule has 0 aromatic heterocycles. The first kappa shape index (κ1) is 12.8. The van der Waals surface area contributed by atoms with Gasteiger partial charge in [0.15, 0.2) is 17.7 Å². The third kappa shape index (κ3) is 2.61. The average molecular weight is 252 g/mol. The summed E-state index contributed by atoms with van der Waals surface area (Å²) in [5.74, 6) is -0.373. The van der Waals surface area contributed by atoms with Gasteiger partial charge in [-0.2, -0.15) is 0 Å². The number of carbonyl (C=O) groups excluding carboxylic acids is 1. The summed E-state index contributed by atoms with van der Waals surface area (Å²) < 4.78 is 19.2. The van der Waals surface area contributed by atoms with Gasteiger partial charge in [0, 0.05) is 26.6 Å². The van der Waals surface area contributed by atoms with Crippen LogP contribution in [-0.2, 0) is 11.3 Å². The third-order valence-electron chi connectivity index (χ3n) is 3.02. The molecule has 2 rings (SSSR count). The second-order valence-corrected chi connectivity index (χ2v) is 4.45. The van der Waals surface area contributed by atoms with E-state index in [9.17, 15) is 9.18 Å². The highest BCUT2D eigenvalue weighted by Gasteiger charge is 2.31. The smallest absolute Gasteiger partial charge is 0.263 e. The van der Waals surface area contributed by atoms with Crippen LogP contribution in [0.3, 0.4) is 0 Å². The molecule has 0 bridgehead atoms. The van der Waals surface area contributed by atoms with E-state index in [1.165, 1.54) is 6.07 Å². The molecule has 1 N–H and O–H groups in total. The van der Waals surface area contributed by atoms with Crippen LogP contribution in [0.4, 0.5) is 4.39 Å². The first-order valence-electron chi connectivity index (χ1n) is 5.96. The van der Waals surface area contributed by atoms with Gasteiger partial charge >= 0.3 is 0 Å². The van der Waals surface area contributed by atoms with E-state index >= 15 is 0 Å². The Labute approximate surface area is 106 Å². The molecule has 1 amide bonds. The zero-order valence-electron chi connectivity index (χ0n) is 10.6. The lowest BCUT2D eigenvalue weighted by Crippen LogP contribution is -2.29. The maximum atomic E-state index is 13.8. The minimum absolute atomic E-state index is 0.0892. The molecule has 4 nitrogen and oxygen atoms in total. The quantitative estimate of drug-likeness (QED) is 0.874. The van der Waals surface area contributed by atoms with Gasteiger partial charge < -0.3 is 15.0 Å². The zero-order valence-corrected chi connectivity index (χ0v) is 10.6. The van der Waals surface area contributed by atoms with Crippen LogP contribution in [0.1, 0.15) is 12.0 Å². The fourth-order valence-corrected chi connectivity index (χ4v) is 2.01. The van der Waals surface area contributed by atoms with E-state index in [0.717, 1.165) is 5.56 Å². The highest BCUT2D eigenvalue weighted by molar-refractivity contribution is 5.83. The van der Waals surface area contributed by atoms with Crippen molar-refractivity contribution in [2.75, 3.05) is 20.6 Å². The molecule has 1 aromatic rings. The number of benzene rings is 1. The van der Waals surface area contributed by atoms with Crippen LogP contribution in [0, 0.1) is 5.82 Å². The molecule has 98 valence electrons. The monoisotopic (exact) mass is 252 g/mol. The van der Waals surface area contributed by atoms with Gasteiger partial charge in [0.05, 0.1) is 0 Å². The molecule has 1 unspecified atom stereocenters. The maximum Gasteiger partial charge on any atom is 0.263 e. The second-order valence-electron chi connectivity index (χ2n) is 4.45. The lowest BCUT2D eigenvalue weighted by Gasteiger charge is -2.14. The molecule has 0 saturated carbocycles. The molecular weight excluding hydrogens is 235 g/mol. The Morgan fingerprint density at radius 3 is 2.89 bits per heavy atom. The van der Waals surface area contributed by atoms with Crippen LogP contribution < -0.4 is 10.1 Å². The van der Waals surface area contributed by atoms with Crippen molar-refractivity contribution in [3.63, 3.8) is 0 Å². The van der Waals surface area contributed by atoms with E-state index < -0.39 is 11.9 Å². The van der Waals surface area contributed by atoms with Crippen LogP contribution in [0.2, 0.25) is 0 Å². The lowest BCUT2D eigenvalue weighted by molar-refractivity contribution is -0.132. The molecule has 0 aliphatic carbocycles. The number of nitrogens with zero attached hydrogens (tertiary/aromatic N) is 1. The van der Waals surface area contributed by atoms with Crippen LogP contribution in [-0.4, -0.2) is 37.6 Å². The van der Waals surface area contributed by atoms with Crippen molar-refractivity contribution < 1.29 is 13.9 Å². The Morgan fingerprint density at radius 1 is 1.56 bits per heavy atom. The molecule has 5 heteroatoms. The summed E-state index contributed by atoms with van der Waals surface area (Å²) in [6, 6.07) is 4.79. The molecule has 1 heterocycles. The minimum Gasteiger partial charge on any atom is -0.477 e. The molecule has 0 radical (unpaired) electrons. The highest BCUT2D eigenvalue weighted by atomic mass is 19.1. The number of halogens is 1. The fraction of sp³-hybridized carbons (Fsp3) is 0.462. The molecule has 18 heavy (non-hydrogen) atoms. The van der Waals surface area contributed by atoms with Crippen molar-refractivity contribution in [1.29, 1.82) is 0 Å². The first-order valence-corrected chi connectivity index (χ1v) is 5.96. The fourth-order valence-electron chi connectivity index (χ4n) is 2.01. The maximum absolute atomic E-state index is 13.8. The standard InChI is InChI=1S/C13H17FN2O2/c1-15-8-9-3-4-11(10(14)7-9)18-12-5-6-16(2)13(12)17/h3-4,7,12,15H,5-6,8H2,1-2H3. The Bertz CT molecular complexity index is 451. The van der Waals surface area contributed by atoms with Gasteiger partial charge in [-0.3, -0.25) is 4.79 Å². The molecule has 1 aliphatic rings. The molecule has 1 aliphatic heterocycles. The van der Waals surface area contributed by atoms with Crippen LogP contribution >= 0.6 is 0 Å². The molecule has 0 spiro atoms. The molecule has 1 aromatic carbocycles. The molecular formula is C13H17FN2O2. The summed E-state index contributed by atoms with van der Waals surface area (Å²) in [4.78, 5) is 13.3. The Morgan fingerprint density at radius 2 is 2.33 bits per heavy atom. The Hall–Kier alpha value is -1.62. The zero-order chi connectivity index (χ0) is 13.1. The van der Waals surface area contributed by atoms with Gasteiger partial charge in [0.25, 0.3) is 5.91 Å². The molecule has 1 saturated heterocycles. The van der Waals surface area contributed by atoms with Crippen molar-refractivity contribution in [2.24, 2.45) is 0 Å². The van der Waals surface area contributed by atoms with Gasteiger partial charge in [-0.05, 0) is 24.7 Å². The summed E-state index contributed by atoms with van der Waals surface area (Å²) in [5.41, 5.74) is 0.845. The number of nitrogens with one attached hydrogen (secondary N) is 1. The van der Waals surface area contributed by atoms with Gasteiger partial charge in [-0.1, -0.05) is 6.07 Å². The number of ether oxygens (including phenoxy) is 1. The van der Waals surface area contributed by atoms with E-state index in [2.05, 4.69) is 5.32 Å². The van der Waals surface area contributed by atoms with E-state index in [1.807, 2.05) is 0 Å². The normalized spacial score (nSPS) is 19.4. The van der Waals surface area contributed by atoms with E-state index in [-0.39, 0.29) is 11.7 Å². The third-order valence-corrected chi connectivity index (χ3v) is 3.02. The van der Waals surface area contributed by atoms with E-state index in [4.69, 9.17) is 4.74 Å². The number of carbonyl (C=O) groups is 1. The summed E-state index contributed by atoms with van der Waals surface area (Å²) in [6.07, 6.45) is 0.0483. The summed E-state index contributed by atoms with van der Waals surface area (Å²) >= 11 is 0. The Kier molecular flexibility index (Phi) is 3.81. The van der Waals surface area contributed by atoms with E-state index in [0.29, 0.717) is 19.5 Å². The van der Waals surface area contributed by atoms with E-state index in [1.54, 1.807) is 31.1 Å². The first-order chi connectivity index (χ1) is 8.61. The van der Waals surface area contributed by atoms with Gasteiger partial charge in [-0.15, -0.1) is 0 Å². The number of likely N-dealkylation sites (N-methyl/N-ethyl adjacent to an activating group) is 1. The van der Waals surface area contributed by atoms with Gasteiger partial charge in [-0.25, -0.2) is 4.39 Å². The second kappa shape index (κ2) is 5.35. The van der Waals surface area contributed by atoms with Crippen LogP contribution in [0.15, 0.2) is 18.2 Å². The topological polar surface area (TPSA) is 41.6 Å². The van der Waals surface area contributed by atoms with Crippen molar-refractivity contribution in [2.45, 2.75) is 19.1 Å². The van der Waals surface area contributed by atoms with Gasteiger partial charge in [0.1, 0.15) is 0 Å². The molecule has 1 atom stereocenters. The molecule has 1 fully saturated rings. The summed E-state index contributed by atoms with van der Waals surface area (Å²) in [5, 5.41) is 2.95. The van der Waals surface area contributed by atoms with Crippen LogP contribution in [0.25, 0.3) is 0 Å². The number of hydrogen-bond acceptors (Lipinski definition) is 3. The van der Waals surface area contributed by atoms with Crippen molar-refractivity contribution in [3.05, 3.63) is 29.6 Å². The van der Waals surface area contributed by atoms with Crippen LogP contribution in [0.5, 0.6) is 5.75 Å². The van der Waals surface area contributed by atoms with Crippen molar-refractivity contribution in [1.82, 2.24) is 10.2 Å². The number of rotatable bonds is 4. The number of likely N-dealkylation sites (tertiary alicyclic amines) is 1. The van der Waals surface area contributed by atoms with Crippen molar-refractivity contribution >= 4 is 5.91 Å². The average Bonchev–Trinajstić information content (AvgIpc) is 2.65. The van der Waals surface area contributed by atoms with Gasteiger partial charge in [0.2, 0.25) is 0 Å². The largest absolute Gasteiger partial charge is 0.477 e. The summed E-state index contributed by atoms with van der Waals surface area (Å²) in [6.45, 7) is 1.26. The SMILES string of the molecule is CNCc1ccc(OC2CCN(C)C2=O)c(F)c1. The minimum atomic E-state index is -0.556. The highest BCUT2D eigenvalue weighted by Crippen LogP contribution is 2.23. The number of hydrogen-bond donors (Lipinski definition) is 1.